The van der Waals surface area contributed by atoms with E-state index in [0.717, 1.165) is 67.0 Å². The Balaban J connectivity index is 0.00000300. The molecular formula is C37H23N6OPt-3. The minimum absolute atomic E-state index is 0. The van der Waals surface area contributed by atoms with Crippen LogP contribution in [0, 0.1) is 25.7 Å². The van der Waals surface area contributed by atoms with Crippen molar-refractivity contribution in [3.63, 3.8) is 0 Å². The van der Waals surface area contributed by atoms with Gasteiger partial charge in [-0.05, 0) is 66.8 Å². The van der Waals surface area contributed by atoms with Crippen molar-refractivity contribution in [2.75, 3.05) is 4.90 Å². The number of rotatable bonds is 4. The first-order valence-corrected chi connectivity index (χ1v) is 14.4. The van der Waals surface area contributed by atoms with Gasteiger partial charge in [0.15, 0.2) is 0 Å². The number of aryl methyl sites for hydroxylation is 1. The van der Waals surface area contributed by atoms with E-state index in [2.05, 4.69) is 86.1 Å². The number of pyridine rings is 2. The maximum atomic E-state index is 6.33. The molecule has 1 aliphatic rings. The van der Waals surface area contributed by atoms with Crippen LogP contribution in [0.3, 0.4) is 0 Å². The van der Waals surface area contributed by atoms with Crippen molar-refractivity contribution in [3.05, 3.63) is 140 Å². The maximum absolute atomic E-state index is 6.33. The normalized spacial score (nSPS) is 12.1. The van der Waals surface area contributed by atoms with Gasteiger partial charge in [-0.1, -0.05) is 65.7 Å². The summed E-state index contributed by atoms with van der Waals surface area (Å²) in [6.07, 6.45) is 3.68. The number of para-hydroxylation sites is 4. The first kappa shape index (κ1) is 27.2. The number of hydrogen-bond donors (Lipinski definition) is 0. The second kappa shape index (κ2) is 10.6. The molecule has 45 heavy (non-hydrogen) atoms. The van der Waals surface area contributed by atoms with Crippen LogP contribution in [-0.4, -0.2) is 24.1 Å². The van der Waals surface area contributed by atoms with Crippen LogP contribution >= 0.6 is 0 Å². The summed E-state index contributed by atoms with van der Waals surface area (Å²) in [4.78, 5) is 16.4. The molecule has 8 heteroatoms. The summed E-state index contributed by atoms with van der Waals surface area (Å²) in [7, 11) is 0. The molecule has 0 radical (unpaired) electrons. The predicted octanol–water partition coefficient (Wildman–Crippen LogP) is 8.41. The number of aromatic nitrogens is 5. The van der Waals surface area contributed by atoms with Crippen LogP contribution in [0.5, 0.6) is 11.6 Å². The minimum atomic E-state index is 0. The second-order valence-electron chi connectivity index (χ2n) is 10.8. The van der Waals surface area contributed by atoms with Gasteiger partial charge in [0.05, 0.1) is 0 Å². The van der Waals surface area contributed by atoms with E-state index in [9.17, 15) is 0 Å². The Kier molecular flexibility index (Phi) is 6.43. The molecule has 0 N–H and O–H groups in total. The average Bonchev–Trinajstić information content (AvgIpc) is 3.60. The number of hydrogen-bond acceptors (Lipinski definition) is 5. The van der Waals surface area contributed by atoms with Gasteiger partial charge in [0.25, 0.3) is 0 Å². The fourth-order valence-electron chi connectivity index (χ4n) is 6.04. The quantitative estimate of drug-likeness (QED) is 0.169. The molecule has 0 spiro atoms. The van der Waals surface area contributed by atoms with Crippen LogP contribution in [0.4, 0.5) is 11.4 Å². The van der Waals surface area contributed by atoms with Crippen LogP contribution < -0.4 is 9.64 Å². The molecule has 0 aliphatic carbocycles. The van der Waals surface area contributed by atoms with Crippen LogP contribution in [-0.2, 0) is 21.1 Å². The summed E-state index contributed by atoms with van der Waals surface area (Å²) in [5.41, 5.74) is 7.90. The summed E-state index contributed by atoms with van der Waals surface area (Å²) in [6, 6.07) is 41.5. The molecule has 1 aliphatic heterocycles. The summed E-state index contributed by atoms with van der Waals surface area (Å²) in [6.45, 7) is 4.13. The van der Waals surface area contributed by atoms with E-state index < -0.39 is 0 Å². The number of fused-ring (bicyclic) bond motifs is 8. The third-order valence-corrected chi connectivity index (χ3v) is 8.03. The summed E-state index contributed by atoms with van der Waals surface area (Å²) in [5.74, 6) is 2.63. The average molecular weight is 763 g/mol. The molecule has 4 aromatic carbocycles. The smallest absolute Gasteiger partial charge is 0.134 e. The molecule has 7 nitrogen and oxygen atoms in total. The Labute approximate surface area is 273 Å². The van der Waals surface area contributed by atoms with Crippen molar-refractivity contribution in [2.45, 2.75) is 6.92 Å². The number of anilines is 2. The topological polar surface area (TPSA) is 61.0 Å². The standard InChI is InChI=1S/C37H23N6O.Pt/c1-24-17-18-38-35(19-24)43-32-15-6-2-11-27(32)29-22-39-36(21-34(29)43)44-26-10-8-9-25(20-26)41-23-42-33-16-7-4-13-30(33)40-37(42)28-12-3-5-14-31(28)41;/h2-19,22-23H,1H3;/q-3;. The molecule has 5 heterocycles. The fourth-order valence-corrected chi connectivity index (χ4v) is 6.04. The molecule has 0 saturated heterocycles. The molecule has 0 bridgehead atoms. The zero-order valence-corrected chi connectivity index (χ0v) is 26.2. The van der Waals surface area contributed by atoms with E-state index in [1.807, 2.05) is 79.1 Å². The predicted molar refractivity (Wildman–Crippen MR) is 172 cm³/mol. The van der Waals surface area contributed by atoms with Gasteiger partial charge in [-0.15, -0.1) is 29.1 Å². The van der Waals surface area contributed by atoms with Gasteiger partial charge in [0.1, 0.15) is 11.7 Å². The molecule has 220 valence electrons. The summed E-state index contributed by atoms with van der Waals surface area (Å²) in [5, 5.41) is 2.07. The van der Waals surface area contributed by atoms with Crippen molar-refractivity contribution >= 4 is 44.2 Å². The molecule has 0 unspecified atom stereocenters. The largest absolute Gasteiger partial charge is 0.484 e. The van der Waals surface area contributed by atoms with Gasteiger partial charge in [-0.2, -0.15) is 12.1 Å². The summed E-state index contributed by atoms with van der Waals surface area (Å²) < 4.78 is 10.6. The molecule has 0 fully saturated rings. The van der Waals surface area contributed by atoms with E-state index in [0.29, 0.717) is 11.6 Å². The van der Waals surface area contributed by atoms with Crippen molar-refractivity contribution < 1.29 is 25.8 Å². The van der Waals surface area contributed by atoms with Crippen LogP contribution in [0.1, 0.15) is 5.56 Å². The Morgan fingerprint density at radius 2 is 1.60 bits per heavy atom. The Morgan fingerprint density at radius 1 is 0.778 bits per heavy atom. The molecule has 4 aromatic heterocycles. The number of benzene rings is 4. The summed E-state index contributed by atoms with van der Waals surface area (Å²) >= 11 is 0. The van der Waals surface area contributed by atoms with Gasteiger partial charge in [0, 0.05) is 55.6 Å². The van der Waals surface area contributed by atoms with Gasteiger partial charge < -0.3 is 23.8 Å². The van der Waals surface area contributed by atoms with E-state index >= 15 is 0 Å². The van der Waals surface area contributed by atoms with E-state index in [-0.39, 0.29) is 21.1 Å². The molecule has 0 amide bonds. The first-order chi connectivity index (χ1) is 21.7. The van der Waals surface area contributed by atoms with Crippen molar-refractivity contribution in [1.29, 1.82) is 0 Å². The molecule has 9 rings (SSSR count). The monoisotopic (exact) mass is 762 g/mol. The van der Waals surface area contributed by atoms with Crippen molar-refractivity contribution in [1.82, 2.24) is 24.1 Å². The Hall–Kier alpha value is -5.39. The van der Waals surface area contributed by atoms with E-state index in [1.165, 1.54) is 0 Å². The van der Waals surface area contributed by atoms with Gasteiger partial charge in [-0.3, -0.25) is 4.98 Å². The molecule has 0 atom stereocenters. The molecule has 0 saturated carbocycles. The minimum Gasteiger partial charge on any atom is -0.484 e. The first-order valence-electron chi connectivity index (χ1n) is 14.4. The van der Waals surface area contributed by atoms with Crippen molar-refractivity contribution in [3.8, 4) is 28.8 Å². The molecule has 8 aromatic rings. The number of nitrogens with zero attached hydrogens (tertiary/aromatic N) is 6. The number of ether oxygens (including phenoxy) is 1. The third-order valence-electron chi connectivity index (χ3n) is 8.03. The van der Waals surface area contributed by atoms with Gasteiger partial charge in [-0.25, -0.2) is 4.98 Å². The van der Waals surface area contributed by atoms with E-state index in [4.69, 9.17) is 9.72 Å². The third kappa shape index (κ3) is 4.39. The van der Waals surface area contributed by atoms with Crippen molar-refractivity contribution in [2.24, 2.45) is 0 Å². The van der Waals surface area contributed by atoms with E-state index in [1.54, 1.807) is 0 Å². The Morgan fingerprint density at radius 3 is 2.51 bits per heavy atom. The van der Waals surface area contributed by atoms with Crippen LogP contribution in [0.25, 0.3) is 50.0 Å². The second-order valence-corrected chi connectivity index (χ2v) is 10.8. The van der Waals surface area contributed by atoms with Crippen LogP contribution in [0.15, 0.2) is 116 Å². The van der Waals surface area contributed by atoms with Gasteiger partial charge in [0.2, 0.25) is 0 Å². The zero-order valence-electron chi connectivity index (χ0n) is 24.0. The maximum Gasteiger partial charge on any atom is 0.134 e. The van der Waals surface area contributed by atoms with Crippen LogP contribution in [0.2, 0.25) is 0 Å². The van der Waals surface area contributed by atoms with Gasteiger partial charge >= 0.3 is 0 Å². The SMILES string of the molecule is Cc1ccnc(-n2c3[c-]c(Oc4[c-]c(N5[CH-]n6c(nc7ccccc76)-c6ccccc65)ccc4)ncc3c3ccccc32)c1.[Pt]. The Bertz CT molecular complexity index is 2390. The zero-order chi connectivity index (χ0) is 29.2. The fraction of sp³-hybridized carbons (Fsp3) is 0.0270. The molecular weight excluding hydrogens is 740 g/mol. The number of imidazole rings is 1.